The summed E-state index contributed by atoms with van der Waals surface area (Å²) in [5, 5.41) is 9.30. The van der Waals surface area contributed by atoms with E-state index in [9.17, 15) is 13.5 Å². The molecule has 1 aliphatic heterocycles. The Morgan fingerprint density at radius 2 is 1.70 bits per heavy atom. The minimum absolute atomic E-state index is 0.183. The molecule has 1 heterocycles. The van der Waals surface area contributed by atoms with Crippen molar-refractivity contribution in [3.63, 3.8) is 0 Å². The normalized spacial score (nSPS) is 19.1. The fourth-order valence-corrected chi connectivity index (χ4v) is 4.05. The van der Waals surface area contributed by atoms with E-state index in [0.717, 1.165) is 24.8 Å². The van der Waals surface area contributed by atoms with Crippen molar-refractivity contribution in [2.45, 2.75) is 32.2 Å². The van der Waals surface area contributed by atoms with Gasteiger partial charge in [-0.3, -0.25) is 0 Å². The predicted molar refractivity (Wildman–Crippen MR) is 78.6 cm³/mol. The molecule has 1 aliphatic rings. The molecule has 6 heteroatoms. The summed E-state index contributed by atoms with van der Waals surface area (Å²) >= 11 is 0. The summed E-state index contributed by atoms with van der Waals surface area (Å²) in [5.74, 6) is 0.183. The van der Waals surface area contributed by atoms with Gasteiger partial charge in [-0.2, -0.15) is 17.0 Å². The monoisotopic (exact) mass is 298 g/mol. The highest BCUT2D eigenvalue weighted by Crippen LogP contribution is 2.26. The van der Waals surface area contributed by atoms with E-state index >= 15 is 0 Å². The number of hydrogen-bond acceptors (Lipinski definition) is 3. The molecule has 1 N–H and O–H groups in total. The Kier molecular flexibility index (Phi) is 4.67. The topological polar surface area (TPSA) is 60.9 Å². The van der Waals surface area contributed by atoms with Crippen LogP contribution in [0.1, 0.15) is 37.8 Å². The molecule has 0 spiro atoms. The summed E-state index contributed by atoms with van der Waals surface area (Å²) in [6, 6.07) is 6.40. The molecule has 1 aromatic carbocycles. The second kappa shape index (κ2) is 6.11. The van der Waals surface area contributed by atoms with Crippen molar-refractivity contribution in [3.8, 4) is 5.75 Å². The quantitative estimate of drug-likeness (QED) is 0.926. The fraction of sp³-hybridized carbons (Fsp3) is 0.571. The third kappa shape index (κ3) is 3.13. The molecule has 2 rings (SSSR count). The molecule has 0 amide bonds. The van der Waals surface area contributed by atoms with Crippen LogP contribution in [0, 0.1) is 0 Å². The van der Waals surface area contributed by atoms with Gasteiger partial charge < -0.3 is 5.11 Å². The van der Waals surface area contributed by atoms with Gasteiger partial charge in [0.2, 0.25) is 0 Å². The van der Waals surface area contributed by atoms with E-state index in [1.165, 1.54) is 4.31 Å². The Morgan fingerprint density at radius 3 is 2.25 bits per heavy atom. The second-order valence-electron chi connectivity index (χ2n) is 5.25. The van der Waals surface area contributed by atoms with Crippen LogP contribution in [0.4, 0.5) is 0 Å². The molecule has 20 heavy (non-hydrogen) atoms. The van der Waals surface area contributed by atoms with E-state index in [1.54, 1.807) is 35.6 Å². The number of benzene rings is 1. The summed E-state index contributed by atoms with van der Waals surface area (Å²) in [6.07, 6.45) is 2.96. The summed E-state index contributed by atoms with van der Waals surface area (Å²) in [5.41, 5.74) is 0.867. The number of aromatic hydroxyl groups is 1. The van der Waals surface area contributed by atoms with Crippen LogP contribution in [0.15, 0.2) is 24.3 Å². The maximum atomic E-state index is 12.6. The van der Waals surface area contributed by atoms with E-state index in [-0.39, 0.29) is 11.8 Å². The lowest BCUT2D eigenvalue weighted by molar-refractivity contribution is 0.297. The van der Waals surface area contributed by atoms with Crippen LogP contribution in [-0.4, -0.2) is 42.3 Å². The first-order valence-corrected chi connectivity index (χ1v) is 8.34. The zero-order valence-corrected chi connectivity index (χ0v) is 12.8. The van der Waals surface area contributed by atoms with Crippen LogP contribution in [0.2, 0.25) is 0 Å². The Balaban J connectivity index is 2.16. The van der Waals surface area contributed by atoms with Crippen molar-refractivity contribution in [1.29, 1.82) is 0 Å². The third-order valence-corrected chi connectivity index (χ3v) is 5.99. The van der Waals surface area contributed by atoms with Crippen molar-refractivity contribution in [2.75, 3.05) is 20.1 Å². The van der Waals surface area contributed by atoms with Crippen LogP contribution in [0.5, 0.6) is 5.75 Å². The minimum Gasteiger partial charge on any atom is -0.508 e. The molecule has 1 aromatic rings. The molecule has 1 atom stereocenters. The highest BCUT2D eigenvalue weighted by molar-refractivity contribution is 7.86. The number of hydrogen-bond donors (Lipinski definition) is 1. The van der Waals surface area contributed by atoms with E-state index in [4.69, 9.17) is 0 Å². The standard InChI is InChI=1S/C14H22N2O3S/c1-12(13-6-8-14(17)9-7-13)15(2)20(18,19)16-10-4-3-5-11-16/h6-9,12,17H,3-5,10-11H2,1-2H3. The van der Waals surface area contributed by atoms with Crippen LogP contribution >= 0.6 is 0 Å². The second-order valence-corrected chi connectivity index (χ2v) is 7.24. The molecule has 1 unspecified atom stereocenters. The van der Waals surface area contributed by atoms with Gasteiger partial charge in [0, 0.05) is 26.2 Å². The average Bonchev–Trinajstić information content (AvgIpc) is 2.47. The maximum absolute atomic E-state index is 12.6. The highest BCUT2D eigenvalue weighted by Gasteiger charge is 2.31. The smallest absolute Gasteiger partial charge is 0.282 e. The molecule has 0 aliphatic carbocycles. The first-order chi connectivity index (χ1) is 9.43. The van der Waals surface area contributed by atoms with Gasteiger partial charge in [-0.1, -0.05) is 18.6 Å². The van der Waals surface area contributed by atoms with Crippen molar-refractivity contribution in [1.82, 2.24) is 8.61 Å². The van der Waals surface area contributed by atoms with Crippen molar-refractivity contribution >= 4 is 10.2 Å². The van der Waals surface area contributed by atoms with Gasteiger partial charge in [0.1, 0.15) is 5.75 Å². The van der Waals surface area contributed by atoms with Gasteiger partial charge in [0.25, 0.3) is 10.2 Å². The number of piperidine rings is 1. The maximum Gasteiger partial charge on any atom is 0.282 e. The molecule has 5 nitrogen and oxygen atoms in total. The summed E-state index contributed by atoms with van der Waals surface area (Å²) in [6.45, 7) is 3.07. The van der Waals surface area contributed by atoms with Gasteiger partial charge >= 0.3 is 0 Å². The van der Waals surface area contributed by atoms with Crippen LogP contribution < -0.4 is 0 Å². The average molecular weight is 298 g/mol. The van der Waals surface area contributed by atoms with Crippen molar-refractivity contribution < 1.29 is 13.5 Å². The lowest BCUT2D eigenvalue weighted by Gasteiger charge is -2.33. The van der Waals surface area contributed by atoms with E-state index in [0.29, 0.717) is 13.1 Å². The molecular weight excluding hydrogens is 276 g/mol. The number of rotatable bonds is 4. The van der Waals surface area contributed by atoms with E-state index in [1.807, 2.05) is 6.92 Å². The Hall–Kier alpha value is -1.11. The van der Waals surface area contributed by atoms with Gasteiger partial charge in [-0.05, 0) is 37.5 Å². The molecule has 0 aromatic heterocycles. The Labute approximate surface area is 121 Å². The molecule has 0 saturated carbocycles. The van der Waals surface area contributed by atoms with E-state index in [2.05, 4.69) is 0 Å². The zero-order chi connectivity index (χ0) is 14.8. The van der Waals surface area contributed by atoms with Gasteiger partial charge in [0.05, 0.1) is 0 Å². The molecule has 1 saturated heterocycles. The largest absolute Gasteiger partial charge is 0.508 e. The Bertz CT molecular complexity index is 536. The van der Waals surface area contributed by atoms with Gasteiger partial charge in [-0.25, -0.2) is 0 Å². The molecule has 112 valence electrons. The molecule has 0 bridgehead atoms. The van der Waals surface area contributed by atoms with E-state index < -0.39 is 10.2 Å². The Morgan fingerprint density at radius 1 is 1.15 bits per heavy atom. The lowest BCUT2D eigenvalue weighted by Crippen LogP contribution is -2.45. The van der Waals surface area contributed by atoms with Crippen LogP contribution in [-0.2, 0) is 10.2 Å². The number of nitrogens with zero attached hydrogens (tertiary/aromatic N) is 2. The lowest BCUT2D eigenvalue weighted by atomic mass is 10.1. The minimum atomic E-state index is -3.42. The molecule has 0 radical (unpaired) electrons. The third-order valence-electron chi connectivity index (χ3n) is 3.93. The number of phenols is 1. The SMILES string of the molecule is CC(c1ccc(O)cc1)N(C)S(=O)(=O)N1CCCCC1. The van der Waals surface area contributed by atoms with Crippen molar-refractivity contribution in [2.24, 2.45) is 0 Å². The summed E-state index contributed by atoms with van der Waals surface area (Å²) in [4.78, 5) is 0. The number of phenolic OH excluding ortho intramolecular Hbond substituents is 1. The van der Waals surface area contributed by atoms with Gasteiger partial charge in [0.15, 0.2) is 0 Å². The first kappa shape index (κ1) is 15.3. The summed E-state index contributed by atoms with van der Waals surface area (Å²) < 4.78 is 28.1. The summed E-state index contributed by atoms with van der Waals surface area (Å²) in [7, 11) is -1.80. The predicted octanol–water partition coefficient (Wildman–Crippen LogP) is 2.12. The zero-order valence-electron chi connectivity index (χ0n) is 12.0. The van der Waals surface area contributed by atoms with Gasteiger partial charge in [-0.15, -0.1) is 0 Å². The highest BCUT2D eigenvalue weighted by atomic mass is 32.2. The molecular formula is C14H22N2O3S. The first-order valence-electron chi connectivity index (χ1n) is 6.95. The van der Waals surface area contributed by atoms with Crippen LogP contribution in [0.3, 0.4) is 0 Å². The molecule has 1 fully saturated rings. The van der Waals surface area contributed by atoms with Crippen molar-refractivity contribution in [3.05, 3.63) is 29.8 Å². The van der Waals surface area contributed by atoms with Crippen LogP contribution in [0.25, 0.3) is 0 Å². The fourth-order valence-electron chi connectivity index (χ4n) is 2.44.